The molecule has 1 N–H and O–H groups in total. The van der Waals surface area contributed by atoms with Crippen LogP contribution in [-0.2, 0) is 13.1 Å². The summed E-state index contributed by atoms with van der Waals surface area (Å²) in [6.45, 7) is 1.40. The molecular weight excluding hydrogens is 372 g/mol. The number of para-hydroxylation sites is 1. The maximum absolute atomic E-state index is 12.7. The number of amides is 1. The van der Waals surface area contributed by atoms with Gasteiger partial charge >= 0.3 is 0 Å². The van der Waals surface area contributed by atoms with E-state index in [1.54, 1.807) is 0 Å². The summed E-state index contributed by atoms with van der Waals surface area (Å²) in [5.74, 6) is 0.987. The number of hydrogen-bond donors (Lipinski definition) is 1. The van der Waals surface area contributed by atoms with Crippen molar-refractivity contribution in [2.24, 2.45) is 0 Å². The Bertz CT molecular complexity index is 903. The zero-order valence-corrected chi connectivity index (χ0v) is 14.8. The van der Waals surface area contributed by atoms with Gasteiger partial charge in [0.05, 0.1) is 5.52 Å². The Morgan fingerprint density at radius 1 is 1.22 bits per heavy atom. The number of aromatic nitrogens is 1. The quantitative estimate of drug-likeness (QED) is 0.721. The van der Waals surface area contributed by atoms with Crippen LogP contribution in [0, 0.1) is 0 Å². The van der Waals surface area contributed by atoms with Crippen LogP contribution < -0.4 is 5.32 Å². The molecule has 116 valence electrons. The average Bonchev–Trinajstić information content (AvgIpc) is 2.95. The number of benzene rings is 2. The molecule has 0 radical (unpaired) electrons. The molecule has 0 bridgehead atoms. The van der Waals surface area contributed by atoms with E-state index in [4.69, 9.17) is 0 Å². The lowest BCUT2D eigenvalue weighted by Gasteiger charge is -2.17. The molecule has 2 aromatic carbocycles. The second-order valence-corrected chi connectivity index (χ2v) is 7.49. The predicted molar refractivity (Wildman–Crippen MR) is 98.0 cm³/mol. The number of halogens is 1. The smallest absolute Gasteiger partial charge is 0.268 e. The van der Waals surface area contributed by atoms with Crippen LogP contribution in [0.25, 0.3) is 10.9 Å². The van der Waals surface area contributed by atoms with Gasteiger partial charge in [-0.3, -0.25) is 4.79 Å². The number of nitrogens with one attached hydrogen (secondary N) is 1. The monoisotopic (exact) mass is 386 g/mol. The minimum atomic E-state index is -0.0187. The van der Waals surface area contributed by atoms with Crippen molar-refractivity contribution >= 4 is 44.5 Å². The first-order chi connectivity index (χ1) is 11.2. The van der Waals surface area contributed by atoms with Gasteiger partial charge in [-0.05, 0) is 23.8 Å². The predicted octanol–water partition coefficient (Wildman–Crippen LogP) is 4.44. The van der Waals surface area contributed by atoms with E-state index < -0.39 is 0 Å². The zero-order valence-electron chi connectivity index (χ0n) is 12.4. The largest absolute Gasteiger partial charge is 0.347 e. The van der Waals surface area contributed by atoms with Crippen molar-refractivity contribution in [1.29, 1.82) is 0 Å². The summed E-state index contributed by atoms with van der Waals surface area (Å²) in [7, 11) is 0. The Balaban J connectivity index is 1.63. The molecular formula is C18H15BrN2OS. The minimum Gasteiger partial charge on any atom is -0.347 e. The second kappa shape index (κ2) is 6.06. The molecule has 0 saturated carbocycles. The van der Waals surface area contributed by atoms with Gasteiger partial charge in [0.1, 0.15) is 5.69 Å². The van der Waals surface area contributed by atoms with E-state index in [2.05, 4.69) is 44.0 Å². The average molecular weight is 387 g/mol. The van der Waals surface area contributed by atoms with Crippen LogP contribution in [0.2, 0.25) is 0 Å². The lowest BCUT2D eigenvalue weighted by atomic mass is 10.2. The number of nitrogens with zero attached hydrogens (tertiary/aromatic N) is 1. The maximum Gasteiger partial charge on any atom is 0.268 e. The molecule has 2 heterocycles. The third-order valence-corrected chi connectivity index (χ3v) is 5.89. The first-order valence-corrected chi connectivity index (χ1v) is 9.28. The normalized spacial score (nSPS) is 13.3. The van der Waals surface area contributed by atoms with Crippen LogP contribution in [0.3, 0.4) is 0 Å². The van der Waals surface area contributed by atoms with E-state index in [-0.39, 0.29) is 5.91 Å². The van der Waals surface area contributed by atoms with E-state index in [1.165, 1.54) is 10.4 Å². The first kappa shape index (κ1) is 14.8. The summed E-state index contributed by atoms with van der Waals surface area (Å²) in [5, 5.41) is 4.18. The molecule has 0 saturated heterocycles. The van der Waals surface area contributed by atoms with Gasteiger partial charge in [-0.15, -0.1) is 11.8 Å². The molecule has 1 aliphatic heterocycles. The summed E-state index contributed by atoms with van der Waals surface area (Å²) in [4.78, 5) is 13.9. The summed E-state index contributed by atoms with van der Waals surface area (Å²) >= 11 is 5.38. The van der Waals surface area contributed by atoms with Crippen LogP contribution in [0.4, 0.5) is 0 Å². The molecule has 1 aromatic heterocycles. The number of carbonyl (C=O) groups excluding carboxylic acids is 1. The van der Waals surface area contributed by atoms with Crippen molar-refractivity contribution < 1.29 is 4.79 Å². The van der Waals surface area contributed by atoms with E-state index in [1.807, 2.05) is 42.1 Å². The van der Waals surface area contributed by atoms with Crippen LogP contribution in [-0.4, -0.2) is 16.2 Å². The molecule has 0 spiro atoms. The first-order valence-electron chi connectivity index (χ1n) is 7.51. The third kappa shape index (κ3) is 2.68. The Kier molecular flexibility index (Phi) is 3.91. The second-order valence-electron chi connectivity index (χ2n) is 5.50. The van der Waals surface area contributed by atoms with Crippen molar-refractivity contribution in [2.45, 2.75) is 18.0 Å². The lowest BCUT2D eigenvalue weighted by Crippen LogP contribution is -2.26. The fourth-order valence-corrected chi connectivity index (χ4v) is 4.44. The topological polar surface area (TPSA) is 34.0 Å². The Morgan fingerprint density at radius 2 is 2.09 bits per heavy atom. The van der Waals surface area contributed by atoms with Gasteiger partial charge in [0.15, 0.2) is 0 Å². The van der Waals surface area contributed by atoms with Crippen molar-refractivity contribution in [3.05, 3.63) is 64.3 Å². The van der Waals surface area contributed by atoms with Gasteiger partial charge in [0.25, 0.3) is 5.91 Å². The molecule has 1 aliphatic rings. The fourth-order valence-electron chi connectivity index (χ4n) is 2.98. The highest BCUT2D eigenvalue weighted by Crippen LogP contribution is 2.34. The van der Waals surface area contributed by atoms with Crippen molar-refractivity contribution in [2.75, 3.05) is 5.75 Å². The van der Waals surface area contributed by atoms with Crippen molar-refractivity contribution in [3.8, 4) is 0 Å². The maximum atomic E-state index is 12.7. The molecule has 3 nitrogen and oxygen atoms in total. The van der Waals surface area contributed by atoms with Crippen LogP contribution in [0.5, 0.6) is 0 Å². The lowest BCUT2D eigenvalue weighted by molar-refractivity contribution is 0.0942. The molecule has 5 heteroatoms. The Morgan fingerprint density at radius 3 is 2.96 bits per heavy atom. The SMILES string of the molecule is O=C(NCc1ccccc1Br)c1cc2cccc3c2n1CCS3. The van der Waals surface area contributed by atoms with Gasteiger partial charge in [-0.1, -0.05) is 46.3 Å². The van der Waals surface area contributed by atoms with Crippen LogP contribution in [0.1, 0.15) is 16.1 Å². The highest BCUT2D eigenvalue weighted by molar-refractivity contribution is 9.10. The van der Waals surface area contributed by atoms with Crippen molar-refractivity contribution in [3.63, 3.8) is 0 Å². The molecule has 0 aliphatic carbocycles. The summed E-state index contributed by atoms with van der Waals surface area (Å²) in [6.07, 6.45) is 0. The fraction of sp³-hybridized carbons (Fsp3) is 0.167. The summed E-state index contributed by atoms with van der Waals surface area (Å²) in [6, 6.07) is 16.2. The van der Waals surface area contributed by atoms with Crippen LogP contribution in [0.15, 0.2) is 57.9 Å². The van der Waals surface area contributed by atoms with Gasteiger partial charge in [0, 0.05) is 33.6 Å². The number of hydrogen-bond acceptors (Lipinski definition) is 2. The zero-order chi connectivity index (χ0) is 15.8. The summed E-state index contributed by atoms with van der Waals surface area (Å²) < 4.78 is 3.16. The van der Waals surface area contributed by atoms with Gasteiger partial charge in [-0.2, -0.15) is 0 Å². The highest BCUT2D eigenvalue weighted by Gasteiger charge is 2.20. The Hall–Kier alpha value is -1.72. The number of carbonyl (C=O) groups is 1. The Labute approximate surface area is 147 Å². The molecule has 4 rings (SSSR count). The number of rotatable bonds is 3. The van der Waals surface area contributed by atoms with Gasteiger partial charge < -0.3 is 9.88 Å². The van der Waals surface area contributed by atoms with E-state index in [0.29, 0.717) is 6.54 Å². The van der Waals surface area contributed by atoms with Gasteiger partial charge in [0.2, 0.25) is 0 Å². The van der Waals surface area contributed by atoms with E-state index >= 15 is 0 Å². The molecule has 0 atom stereocenters. The molecule has 1 amide bonds. The van der Waals surface area contributed by atoms with Crippen LogP contribution >= 0.6 is 27.7 Å². The van der Waals surface area contributed by atoms with E-state index in [9.17, 15) is 4.79 Å². The molecule has 0 unspecified atom stereocenters. The third-order valence-electron chi connectivity index (χ3n) is 4.09. The number of thioether (sulfide) groups is 1. The molecule has 3 aromatic rings. The highest BCUT2D eigenvalue weighted by atomic mass is 79.9. The molecule has 23 heavy (non-hydrogen) atoms. The van der Waals surface area contributed by atoms with Gasteiger partial charge in [-0.25, -0.2) is 0 Å². The number of aryl methyl sites for hydroxylation is 1. The molecule has 0 fully saturated rings. The van der Waals surface area contributed by atoms with Crippen molar-refractivity contribution in [1.82, 2.24) is 9.88 Å². The summed E-state index contributed by atoms with van der Waals surface area (Å²) in [5.41, 5.74) is 3.02. The minimum absolute atomic E-state index is 0.0187. The standard InChI is InChI=1S/C18H15BrN2OS/c19-14-6-2-1-4-13(14)11-20-18(22)15-10-12-5-3-7-16-17(12)21(15)8-9-23-16/h1-7,10H,8-9,11H2,(H,20,22). The van der Waals surface area contributed by atoms with E-state index in [0.717, 1.165) is 33.4 Å².